The molecule has 0 aromatic carbocycles. The minimum absolute atomic E-state index is 0.101. The van der Waals surface area contributed by atoms with Crippen LogP contribution < -0.4 is 5.69 Å². The van der Waals surface area contributed by atoms with E-state index in [1.54, 1.807) is 0 Å². The van der Waals surface area contributed by atoms with Gasteiger partial charge in [0, 0.05) is 30.9 Å². The van der Waals surface area contributed by atoms with Crippen LogP contribution in [0.5, 0.6) is 0 Å². The molecular weight excluding hydrogens is 286 g/mol. The predicted molar refractivity (Wildman–Crippen MR) is 81.8 cm³/mol. The number of nitrogens with one attached hydrogen (secondary N) is 1. The number of aryl methyl sites for hydroxylation is 1. The topological polar surface area (TPSA) is 66.1 Å². The Morgan fingerprint density at radius 2 is 2.33 bits per heavy atom. The highest BCUT2D eigenvalue weighted by Gasteiger charge is 2.27. The number of thiophene rings is 1. The van der Waals surface area contributed by atoms with Crippen LogP contribution in [0.15, 0.2) is 28.5 Å². The van der Waals surface area contributed by atoms with Crippen molar-refractivity contribution in [3.05, 3.63) is 50.3 Å². The van der Waals surface area contributed by atoms with E-state index in [1.165, 1.54) is 17.5 Å². The zero-order valence-corrected chi connectivity index (χ0v) is 12.7. The third kappa shape index (κ3) is 2.90. The lowest BCUT2D eigenvalue weighted by Crippen LogP contribution is -2.39. The Labute approximate surface area is 126 Å². The number of aromatic amines is 1. The summed E-state index contributed by atoms with van der Waals surface area (Å²) in [6.07, 6.45) is 3.46. The molecule has 0 unspecified atom stereocenters. The van der Waals surface area contributed by atoms with Crippen LogP contribution in [0.3, 0.4) is 0 Å². The second-order valence-corrected chi connectivity index (χ2v) is 6.27. The molecule has 3 rings (SSSR count). The lowest BCUT2D eigenvalue weighted by atomic mass is 9.94. The maximum absolute atomic E-state index is 12.6. The number of amides is 1. The molecular formula is C15H17N3O2S. The second kappa shape index (κ2) is 5.81. The molecule has 1 atom stereocenters. The fourth-order valence-electron chi connectivity index (χ4n) is 2.77. The van der Waals surface area contributed by atoms with Crippen LogP contribution in [0.1, 0.15) is 39.7 Å². The van der Waals surface area contributed by atoms with Gasteiger partial charge in [-0.25, -0.2) is 9.78 Å². The highest BCUT2D eigenvalue weighted by molar-refractivity contribution is 7.12. The van der Waals surface area contributed by atoms with Gasteiger partial charge in [-0.05, 0) is 42.8 Å². The summed E-state index contributed by atoms with van der Waals surface area (Å²) in [5.41, 5.74) is 1.57. The molecule has 2 aromatic heterocycles. The van der Waals surface area contributed by atoms with E-state index >= 15 is 0 Å². The van der Waals surface area contributed by atoms with Gasteiger partial charge in [0.05, 0.1) is 4.88 Å². The van der Waals surface area contributed by atoms with Crippen LogP contribution in [0.4, 0.5) is 0 Å². The predicted octanol–water partition coefficient (Wildman–Crippen LogP) is 2.16. The first kappa shape index (κ1) is 14.0. The van der Waals surface area contributed by atoms with Crippen LogP contribution >= 0.6 is 11.3 Å². The molecule has 1 amide bonds. The van der Waals surface area contributed by atoms with Gasteiger partial charge in [-0.2, -0.15) is 0 Å². The molecule has 6 heteroatoms. The van der Waals surface area contributed by atoms with E-state index in [9.17, 15) is 9.59 Å². The molecule has 110 valence electrons. The molecule has 0 aliphatic carbocycles. The normalized spacial score (nSPS) is 18.7. The van der Waals surface area contributed by atoms with Gasteiger partial charge in [-0.15, -0.1) is 11.3 Å². The Morgan fingerprint density at radius 1 is 1.48 bits per heavy atom. The summed E-state index contributed by atoms with van der Waals surface area (Å²) in [7, 11) is 0. The van der Waals surface area contributed by atoms with Gasteiger partial charge in [0.1, 0.15) is 0 Å². The van der Waals surface area contributed by atoms with Crippen LogP contribution in [-0.2, 0) is 0 Å². The average molecular weight is 303 g/mol. The average Bonchev–Trinajstić information content (AvgIpc) is 2.93. The molecule has 0 bridgehead atoms. The summed E-state index contributed by atoms with van der Waals surface area (Å²) in [5, 5.41) is 1.95. The number of likely N-dealkylation sites (tertiary alicyclic amines) is 1. The third-order valence-electron chi connectivity index (χ3n) is 3.90. The zero-order valence-electron chi connectivity index (χ0n) is 11.8. The fourth-order valence-corrected chi connectivity index (χ4v) is 3.66. The summed E-state index contributed by atoms with van der Waals surface area (Å²) in [5.74, 6) is 0.280. The molecule has 1 aliphatic heterocycles. The minimum Gasteiger partial charge on any atom is -0.337 e. The summed E-state index contributed by atoms with van der Waals surface area (Å²) in [6, 6.07) is 3.80. The molecule has 1 aliphatic rings. The standard InChI is InChI=1S/C15H17N3O2S/c1-10-5-8-21-13(10)14(19)18-7-2-3-11(9-18)12-4-6-16-15(20)17-12/h4-6,8,11H,2-3,7,9H2,1H3,(H,16,17,20)/t11-/m0/s1. The number of rotatable bonds is 2. The number of hydrogen-bond acceptors (Lipinski definition) is 4. The van der Waals surface area contributed by atoms with Crippen LogP contribution in [0.2, 0.25) is 0 Å². The number of carbonyl (C=O) groups is 1. The van der Waals surface area contributed by atoms with Crippen molar-refractivity contribution in [3.63, 3.8) is 0 Å². The lowest BCUT2D eigenvalue weighted by Gasteiger charge is -2.32. The Morgan fingerprint density at radius 3 is 3.05 bits per heavy atom. The van der Waals surface area contributed by atoms with Crippen molar-refractivity contribution >= 4 is 17.2 Å². The van der Waals surface area contributed by atoms with Crippen molar-refractivity contribution in [2.75, 3.05) is 13.1 Å². The van der Waals surface area contributed by atoms with Crippen LogP contribution in [-0.4, -0.2) is 33.9 Å². The van der Waals surface area contributed by atoms with Crippen LogP contribution in [0, 0.1) is 6.92 Å². The highest BCUT2D eigenvalue weighted by Crippen LogP contribution is 2.27. The molecule has 0 saturated carbocycles. The van der Waals surface area contributed by atoms with Crippen molar-refractivity contribution in [2.24, 2.45) is 0 Å². The molecule has 21 heavy (non-hydrogen) atoms. The monoisotopic (exact) mass is 303 g/mol. The molecule has 1 N–H and O–H groups in total. The van der Waals surface area contributed by atoms with E-state index in [0.717, 1.165) is 35.5 Å². The fraction of sp³-hybridized carbons (Fsp3) is 0.400. The molecule has 0 spiro atoms. The van der Waals surface area contributed by atoms with Crippen molar-refractivity contribution in [2.45, 2.75) is 25.7 Å². The molecule has 5 nitrogen and oxygen atoms in total. The smallest absolute Gasteiger partial charge is 0.337 e. The first-order valence-electron chi connectivity index (χ1n) is 7.04. The number of H-pyrrole nitrogens is 1. The van der Waals surface area contributed by atoms with E-state index in [-0.39, 0.29) is 17.5 Å². The van der Waals surface area contributed by atoms with E-state index in [2.05, 4.69) is 9.97 Å². The van der Waals surface area contributed by atoms with E-state index in [4.69, 9.17) is 0 Å². The Hall–Kier alpha value is -1.95. The van der Waals surface area contributed by atoms with Gasteiger partial charge in [-0.3, -0.25) is 4.79 Å². The minimum atomic E-state index is -0.329. The van der Waals surface area contributed by atoms with Gasteiger partial charge in [0.15, 0.2) is 0 Å². The Balaban J connectivity index is 1.79. The summed E-state index contributed by atoms with van der Waals surface area (Å²) < 4.78 is 0. The zero-order chi connectivity index (χ0) is 14.8. The third-order valence-corrected chi connectivity index (χ3v) is 4.91. The van der Waals surface area contributed by atoms with Crippen LogP contribution in [0.25, 0.3) is 0 Å². The van der Waals surface area contributed by atoms with Crippen molar-refractivity contribution in [3.8, 4) is 0 Å². The lowest BCUT2D eigenvalue weighted by molar-refractivity contribution is 0.0710. The number of piperidine rings is 1. The second-order valence-electron chi connectivity index (χ2n) is 5.35. The van der Waals surface area contributed by atoms with Crippen molar-refractivity contribution in [1.29, 1.82) is 0 Å². The number of carbonyl (C=O) groups excluding carboxylic acids is 1. The Kier molecular flexibility index (Phi) is 3.88. The number of aromatic nitrogens is 2. The first-order valence-corrected chi connectivity index (χ1v) is 7.91. The molecule has 3 heterocycles. The molecule has 1 saturated heterocycles. The number of hydrogen-bond donors (Lipinski definition) is 1. The van der Waals surface area contributed by atoms with E-state index < -0.39 is 0 Å². The van der Waals surface area contributed by atoms with Crippen molar-refractivity contribution in [1.82, 2.24) is 14.9 Å². The van der Waals surface area contributed by atoms with Gasteiger partial charge in [-0.1, -0.05) is 0 Å². The quantitative estimate of drug-likeness (QED) is 0.924. The summed E-state index contributed by atoms with van der Waals surface area (Å²) in [6.45, 7) is 3.39. The SMILES string of the molecule is Cc1ccsc1C(=O)N1CCC[C@H](c2ccnc(=O)[nH]2)C1. The molecule has 0 radical (unpaired) electrons. The van der Waals surface area contributed by atoms with Gasteiger partial charge < -0.3 is 9.88 Å². The van der Waals surface area contributed by atoms with E-state index in [0.29, 0.717) is 6.54 Å². The maximum Gasteiger partial charge on any atom is 0.345 e. The largest absolute Gasteiger partial charge is 0.345 e. The Bertz CT molecular complexity index is 707. The summed E-state index contributed by atoms with van der Waals surface area (Å²) in [4.78, 5) is 33.1. The van der Waals surface area contributed by atoms with Gasteiger partial charge in [0.2, 0.25) is 0 Å². The summed E-state index contributed by atoms with van der Waals surface area (Å²) >= 11 is 1.49. The molecule has 1 fully saturated rings. The molecule has 2 aromatic rings. The first-order chi connectivity index (χ1) is 10.1. The van der Waals surface area contributed by atoms with Gasteiger partial charge in [0.25, 0.3) is 5.91 Å². The number of nitrogens with zero attached hydrogens (tertiary/aromatic N) is 2. The van der Waals surface area contributed by atoms with E-state index in [1.807, 2.05) is 29.3 Å². The van der Waals surface area contributed by atoms with Crippen molar-refractivity contribution < 1.29 is 4.79 Å². The van der Waals surface area contributed by atoms with Gasteiger partial charge >= 0.3 is 5.69 Å². The maximum atomic E-state index is 12.6. The highest BCUT2D eigenvalue weighted by atomic mass is 32.1.